The highest BCUT2D eigenvalue weighted by atomic mass is 35.5. The molecule has 3 nitrogen and oxygen atoms in total. The fourth-order valence-electron chi connectivity index (χ4n) is 1.77. The van der Waals surface area contributed by atoms with Crippen molar-refractivity contribution < 1.29 is 9.90 Å². The van der Waals surface area contributed by atoms with Crippen LogP contribution in [-0.2, 0) is 0 Å². The van der Waals surface area contributed by atoms with Crippen molar-refractivity contribution in [2.24, 2.45) is 0 Å². The Morgan fingerprint density at radius 1 is 1.35 bits per heavy atom. The monoisotopic (exact) mass is 249 g/mol. The molecule has 2 aromatic rings. The third kappa shape index (κ3) is 2.24. The van der Waals surface area contributed by atoms with Gasteiger partial charge in [0.15, 0.2) is 0 Å². The summed E-state index contributed by atoms with van der Waals surface area (Å²) in [6.45, 7) is 3.84. The number of carbonyl (C=O) groups is 1. The van der Waals surface area contributed by atoms with Gasteiger partial charge in [0.05, 0.1) is 16.8 Å². The Hall–Kier alpha value is -1.61. The van der Waals surface area contributed by atoms with Crippen LogP contribution in [0.15, 0.2) is 24.3 Å². The predicted octanol–water partition coefficient (Wildman–Crippen LogP) is 3.71. The molecule has 0 unspecified atom stereocenters. The van der Waals surface area contributed by atoms with Crippen molar-refractivity contribution >= 4 is 28.5 Å². The van der Waals surface area contributed by atoms with Crippen molar-refractivity contribution in [3.8, 4) is 0 Å². The number of aromatic nitrogens is 1. The molecule has 0 aliphatic heterocycles. The minimum atomic E-state index is -0.946. The van der Waals surface area contributed by atoms with E-state index in [0.717, 1.165) is 10.9 Å². The van der Waals surface area contributed by atoms with Crippen molar-refractivity contribution in [1.29, 1.82) is 0 Å². The molecule has 0 spiro atoms. The van der Waals surface area contributed by atoms with Gasteiger partial charge in [0.25, 0.3) is 0 Å². The van der Waals surface area contributed by atoms with Crippen molar-refractivity contribution in [1.82, 2.24) is 4.98 Å². The van der Waals surface area contributed by atoms with E-state index in [-0.39, 0.29) is 11.5 Å². The predicted molar refractivity (Wildman–Crippen MR) is 67.8 cm³/mol. The van der Waals surface area contributed by atoms with E-state index in [1.807, 2.05) is 13.8 Å². The van der Waals surface area contributed by atoms with Crippen LogP contribution in [0.2, 0.25) is 5.02 Å². The van der Waals surface area contributed by atoms with Gasteiger partial charge in [-0.2, -0.15) is 0 Å². The van der Waals surface area contributed by atoms with Crippen LogP contribution in [0.4, 0.5) is 0 Å². The summed E-state index contributed by atoms with van der Waals surface area (Å²) < 4.78 is 0. The zero-order chi connectivity index (χ0) is 12.6. The molecule has 2 rings (SSSR count). The lowest BCUT2D eigenvalue weighted by Crippen LogP contribution is -2.06. The van der Waals surface area contributed by atoms with Crippen LogP contribution in [0.25, 0.3) is 10.9 Å². The average molecular weight is 250 g/mol. The molecule has 0 saturated carbocycles. The molecule has 1 aromatic carbocycles. The largest absolute Gasteiger partial charge is 0.478 e. The van der Waals surface area contributed by atoms with E-state index < -0.39 is 5.97 Å². The second-order valence-corrected chi connectivity index (χ2v) is 4.65. The Labute approximate surface area is 104 Å². The van der Waals surface area contributed by atoms with E-state index in [2.05, 4.69) is 4.98 Å². The molecular weight excluding hydrogens is 238 g/mol. The summed E-state index contributed by atoms with van der Waals surface area (Å²) in [7, 11) is 0. The van der Waals surface area contributed by atoms with Gasteiger partial charge in [0, 0.05) is 10.4 Å². The highest BCUT2D eigenvalue weighted by Crippen LogP contribution is 2.24. The Morgan fingerprint density at radius 3 is 2.65 bits per heavy atom. The second kappa shape index (κ2) is 4.34. The maximum Gasteiger partial charge on any atom is 0.337 e. The molecule has 1 aromatic heterocycles. The molecule has 1 N–H and O–H groups in total. The van der Waals surface area contributed by atoms with Crippen molar-refractivity contribution in [3.05, 3.63) is 40.5 Å². The second-order valence-electron chi connectivity index (χ2n) is 4.22. The fourth-order valence-corrected chi connectivity index (χ4v) is 1.93. The molecule has 0 fully saturated rings. The van der Waals surface area contributed by atoms with Crippen LogP contribution in [0, 0.1) is 0 Å². The van der Waals surface area contributed by atoms with Gasteiger partial charge in [-0.25, -0.2) is 4.79 Å². The van der Waals surface area contributed by atoms with Crippen LogP contribution in [-0.4, -0.2) is 16.1 Å². The van der Waals surface area contributed by atoms with Crippen LogP contribution in [0.3, 0.4) is 0 Å². The molecule has 0 bridgehead atoms. The highest BCUT2D eigenvalue weighted by Gasteiger charge is 2.15. The number of hydrogen-bond acceptors (Lipinski definition) is 2. The summed E-state index contributed by atoms with van der Waals surface area (Å²) in [5.41, 5.74) is 1.58. The number of carboxylic acid groups (broad SMARTS) is 1. The third-order valence-electron chi connectivity index (χ3n) is 2.59. The van der Waals surface area contributed by atoms with Crippen molar-refractivity contribution in [2.75, 3.05) is 0 Å². The van der Waals surface area contributed by atoms with Crippen LogP contribution < -0.4 is 0 Å². The maximum absolute atomic E-state index is 11.2. The zero-order valence-corrected chi connectivity index (χ0v) is 10.3. The number of hydrogen-bond donors (Lipinski definition) is 1. The summed E-state index contributed by atoms with van der Waals surface area (Å²) in [4.78, 5) is 15.6. The molecule has 0 saturated heterocycles. The normalized spacial score (nSPS) is 11.1. The minimum absolute atomic E-state index is 0.0597. The smallest absolute Gasteiger partial charge is 0.337 e. The quantitative estimate of drug-likeness (QED) is 0.883. The molecular formula is C13H12ClNO2. The summed E-state index contributed by atoms with van der Waals surface area (Å²) in [5.74, 6) is -0.887. The maximum atomic E-state index is 11.2. The first-order valence-electron chi connectivity index (χ1n) is 5.32. The van der Waals surface area contributed by atoms with E-state index >= 15 is 0 Å². The Kier molecular flexibility index (Phi) is 3.03. The summed E-state index contributed by atoms with van der Waals surface area (Å²) in [5, 5.41) is 10.6. The standard InChI is InChI=1S/C13H12ClNO2/c1-7(2)12-10(13(16)17)5-8-3-4-9(14)6-11(8)15-12/h3-7H,1-2H3,(H,16,17). The molecule has 4 heteroatoms. The number of rotatable bonds is 2. The van der Waals surface area contributed by atoms with E-state index in [4.69, 9.17) is 16.7 Å². The van der Waals surface area contributed by atoms with Crippen molar-refractivity contribution in [3.63, 3.8) is 0 Å². The van der Waals surface area contributed by atoms with Gasteiger partial charge in [0.1, 0.15) is 0 Å². The number of pyridine rings is 1. The van der Waals surface area contributed by atoms with Gasteiger partial charge >= 0.3 is 5.97 Å². The Bertz CT molecular complexity index is 593. The van der Waals surface area contributed by atoms with E-state index in [1.165, 1.54) is 0 Å². The Balaban J connectivity index is 2.77. The van der Waals surface area contributed by atoms with Gasteiger partial charge in [-0.1, -0.05) is 31.5 Å². The first kappa shape index (κ1) is 11.9. The third-order valence-corrected chi connectivity index (χ3v) is 2.82. The summed E-state index contributed by atoms with van der Waals surface area (Å²) in [6, 6.07) is 6.90. The molecule has 0 atom stereocenters. The minimum Gasteiger partial charge on any atom is -0.478 e. The number of benzene rings is 1. The van der Waals surface area contributed by atoms with E-state index in [1.54, 1.807) is 24.3 Å². The van der Waals surface area contributed by atoms with Crippen LogP contribution >= 0.6 is 11.6 Å². The number of aromatic carboxylic acids is 1. The number of carboxylic acids is 1. The lowest BCUT2D eigenvalue weighted by molar-refractivity contribution is 0.0695. The number of nitrogens with zero attached hydrogens (tertiary/aromatic N) is 1. The van der Waals surface area contributed by atoms with Gasteiger partial charge in [0.2, 0.25) is 0 Å². The molecule has 0 aliphatic rings. The molecule has 0 amide bonds. The fraction of sp³-hybridized carbons (Fsp3) is 0.231. The van der Waals surface area contributed by atoms with Gasteiger partial charge in [-0.3, -0.25) is 4.98 Å². The van der Waals surface area contributed by atoms with Crippen LogP contribution in [0.1, 0.15) is 35.8 Å². The van der Waals surface area contributed by atoms with Gasteiger partial charge < -0.3 is 5.11 Å². The first-order valence-corrected chi connectivity index (χ1v) is 5.70. The Morgan fingerprint density at radius 2 is 2.06 bits per heavy atom. The molecule has 1 heterocycles. The average Bonchev–Trinajstić information content (AvgIpc) is 2.26. The lowest BCUT2D eigenvalue weighted by atomic mass is 10.0. The van der Waals surface area contributed by atoms with E-state index in [0.29, 0.717) is 10.7 Å². The molecule has 88 valence electrons. The van der Waals surface area contributed by atoms with Crippen molar-refractivity contribution in [2.45, 2.75) is 19.8 Å². The zero-order valence-electron chi connectivity index (χ0n) is 9.57. The summed E-state index contributed by atoms with van der Waals surface area (Å²) >= 11 is 5.90. The molecule has 0 aliphatic carbocycles. The van der Waals surface area contributed by atoms with Gasteiger partial charge in [-0.15, -0.1) is 0 Å². The number of halogens is 1. The highest BCUT2D eigenvalue weighted by molar-refractivity contribution is 6.31. The SMILES string of the molecule is CC(C)c1nc2cc(Cl)ccc2cc1C(=O)O. The summed E-state index contributed by atoms with van der Waals surface area (Å²) in [6.07, 6.45) is 0. The molecule has 17 heavy (non-hydrogen) atoms. The number of fused-ring (bicyclic) bond motifs is 1. The van der Waals surface area contributed by atoms with Crippen LogP contribution in [0.5, 0.6) is 0 Å². The first-order chi connectivity index (χ1) is 7.99. The molecule has 0 radical (unpaired) electrons. The van der Waals surface area contributed by atoms with E-state index in [9.17, 15) is 4.79 Å². The topological polar surface area (TPSA) is 50.2 Å². The van der Waals surface area contributed by atoms with Gasteiger partial charge in [-0.05, 0) is 24.1 Å². The lowest BCUT2D eigenvalue weighted by Gasteiger charge is -2.10.